The van der Waals surface area contributed by atoms with Crippen molar-refractivity contribution in [1.82, 2.24) is 24.5 Å². The minimum absolute atomic E-state index is 0.297. The zero-order chi connectivity index (χ0) is 15.7. The Morgan fingerprint density at radius 1 is 1.32 bits per heavy atom. The quantitative estimate of drug-likeness (QED) is 0.796. The number of nitrogens with zero attached hydrogens (tertiary/aromatic N) is 4. The first kappa shape index (κ1) is 14.1. The normalized spacial score (nSPS) is 10.9. The van der Waals surface area contributed by atoms with Gasteiger partial charge in [0.05, 0.1) is 12.8 Å². The molecule has 0 aliphatic heterocycles. The topological polar surface area (TPSA) is 77.7 Å². The summed E-state index contributed by atoms with van der Waals surface area (Å²) in [5.74, 6) is 1.24. The molecule has 0 saturated heterocycles. The molecule has 3 rings (SSSR count). The fourth-order valence-corrected chi connectivity index (χ4v) is 2.36. The van der Waals surface area contributed by atoms with Gasteiger partial charge in [0.25, 0.3) is 0 Å². The van der Waals surface area contributed by atoms with Gasteiger partial charge in [-0.1, -0.05) is 0 Å². The average Bonchev–Trinajstić information content (AvgIpc) is 3.13. The molecular formula is C15H17N5O2. The monoisotopic (exact) mass is 299 g/mol. The molecule has 0 amide bonds. The summed E-state index contributed by atoms with van der Waals surface area (Å²) in [4.78, 5) is 12.2. The fourth-order valence-electron chi connectivity index (χ4n) is 2.36. The van der Waals surface area contributed by atoms with E-state index in [9.17, 15) is 4.79 Å². The van der Waals surface area contributed by atoms with E-state index in [-0.39, 0.29) is 5.69 Å². The van der Waals surface area contributed by atoms with E-state index in [1.807, 2.05) is 44.3 Å². The van der Waals surface area contributed by atoms with E-state index in [1.165, 1.54) is 4.57 Å². The second kappa shape index (κ2) is 5.51. The van der Waals surface area contributed by atoms with Gasteiger partial charge in [0.2, 0.25) is 0 Å². The number of rotatable bonds is 4. The SMILES string of the molecule is CCn1ccc(-c2n[nH]c(=O)n2-c2ccc(OC)cc2C)n1. The number of methoxy groups -OCH3 is 1. The summed E-state index contributed by atoms with van der Waals surface area (Å²) in [6.45, 7) is 4.68. The molecule has 2 heterocycles. The summed E-state index contributed by atoms with van der Waals surface area (Å²) in [6.07, 6.45) is 1.86. The Kier molecular flexibility index (Phi) is 3.54. The van der Waals surface area contributed by atoms with Crippen LogP contribution in [-0.4, -0.2) is 31.7 Å². The van der Waals surface area contributed by atoms with Gasteiger partial charge in [-0.15, -0.1) is 0 Å². The molecule has 2 aromatic heterocycles. The van der Waals surface area contributed by atoms with Crippen LogP contribution in [0.4, 0.5) is 0 Å². The van der Waals surface area contributed by atoms with Gasteiger partial charge >= 0.3 is 5.69 Å². The molecule has 0 atom stereocenters. The van der Waals surface area contributed by atoms with Crippen LogP contribution in [0.2, 0.25) is 0 Å². The average molecular weight is 299 g/mol. The van der Waals surface area contributed by atoms with Crippen LogP contribution in [0.1, 0.15) is 12.5 Å². The Balaban J connectivity index is 2.15. The molecule has 0 saturated carbocycles. The van der Waals surface area contributed by atoms with Gasteiger partial charge < -0.3 is 4.74 Å². The molecule has 114 valence electrons. The van der Waals surface area contributed by atoms with E-state index in [2.05, 4.69) is 15.3 Å². The zero-order valence-corrected chi connectivity index (χ0v) is 12.7. The highest BCUT2D eigenvalue weighted by Gasteiger charge is 2.16. The number of hydrogen-bond donors (Lipinski definition) is 1. The van der Waals surface area contributed by atoms with Crippen LogP contribution in [0.25, 0.3) is 17.2 Å². The van der Waals surface area contributed by atoms with Crippen LogP contribution in [-0.2, 0) is 6.54 Å². The van der Waals surface area contributed by atoms with E-state index in [0.717, 1.165) is 23.5 Å². The second-order valence-electron chi connectivity index (χ2n) is 4.90. The van der Waals surface area contributed by atoms with Gasteiger partial charge in [-0.05, 0) is 43.7 Å². The van der Waals surface area contributed by atoms with Crippen LogP contribution in [0, 0.1) is 6.92 Å². The standard InChI is InChI=1S/C15H17N5O2/c1-4-19-8-7-12(18-19)14-16-17-15(21)20(14)13-6-5-11(22-3)9-10(13)2/h5-9H,4H2,1-3H3,(H,17,21). The lowest BCUT2D eigenvalue weighted by Gasteiger charge is -2.09. The minimum atomic E-state index is -0.297. The van der Waals surface area contributed by atoms with Crippen molar-refractivity contribution in [2.24, 2.45) is 0 Å². The third-order valence-electron chi connectivity index (χ3n) is 3.51. The lowest BCUT2D eigenvalue weighted by Crippen LogP contribution is -2.16. The van der Waals surface area contributed by atoms with Crippen molar-refractivity contribution < 1.29 is 4.74 Å². The van der Waals surface area contributed by atoms with Crippen molar-refractivity contribution in [2.45, 2.75) is 20.4 Å². The first-order valence-corrected chi connectivity index (χ1v) is 7.00. The van der Waals surface area contributed by atoms with Gasteiger partial charge in [0.15, 0.2) is 5.82 Å². The maximum absolute atomic E-state index is 12.2. The molecule has 1 aromatic carbocycles. The van der Waals surface area contributed by atoms with Crippen molar-refractivity contribution in [2.75, 3.05) is 7.11 Å². The third-order valence-corrected chi connectivity index (χ3v) is 3.51. The van der Waals surface area contributed by atoms with Crippen LogP contribution in [0.15, 0.2) is 35.3 Å². The first-order valence-electron chi connectivity index (χ1n) is 7.00. The number of H-pyrrole nitrogens is 1. The molecule has 7 nitrogen and oxygen atoms in total. The number of hydrogen-bond acceptors (Lipinski definition) is 4. The van der Waals surface area contributed by atoms with Crippen molar-refractivity contribution in [3.63, 3.8) is 0 Å². The number of nitrogens with one attached hydrogen (secondary N) is 1. The van der Waals surface area contributed by atoms with E-state index >= 15 is 0 Å². The third kappa shape index (κ3) is 2.30. The van der Waals surface area contributed by atoms with Crippen LogP contribution in [0.3, 0.4) is 0 Å². The Labute approximate surface area is 127 Å². The van der Waals surface area contributed by atoms with Crippen LogP contribution in [0.5, 0.6) is 5.75 Å². The first-order chi connectivity index (χ1) is 10.6. The maximum Gasteiger partial charge on any atom is 0.348 e. The smallest absolute Gasteiger partial charge is 0.348 e. The zero-order valence-electron chi connectivity index (χ0n) is 12.7. The summed E-state index contributed by atoms with van der Waals surface area (Å²) in [6, 6.07) is 7.37. The molecule has 7 heteroatoms. The van der Waals surface area contributed by atoms with E-state index in [1.54, 1.807) is 11.8 Å². The van der Waals surface area contributed by atoms with E-state index in [4.69, 9.17) is 4.74 Å². The highest BCUT2D eigenvalue weighted by molar-refractivity contribution is 5.55. The summed E-state index contributed by atoms with van der Waals surface area (Å²) in [5.41, 5.74) is 2.02. The molecule has 1 N–H and O–H groups in total. The fraction of sp³-hybridized carbons (Fsp3) is 0.267. The van der Waals surface area contributed by atoms with E-state index in [0.29, 0.717) is 11.5 Å². The van der Waals surface area contributed by atoms with Crippen molar-refractivity contribution in [3.05, 3.63) is 46.5 Å². The molecule has 0 spiro atoms. The Morgan fingerprint density at radius 3 is 2.77 bits per heavy atom. The summed E-state index contributed by atoms with van der Waals surface area (Å²) in [5, 5.41) is 11.0. The number of aromatic amines is 1. The highest BCUT2D eigenvalue weighted by Crippen LogP contribution is 2.23. The van der Waals surface area contributed by atoms with Crippen LogP contribution < -0.4 is 10.4 Å². The summed E-state index contributed by atoms with van der Waals surface area (Å²) in [7, 11) is 1.61. The molecule has 0 fully saturated rings. The Bertz CT molecular complexity index is 859. The maximum atomic E-state index is 12.2. The summed E-state index contributed by atoms with van der Waals surface area (Å²) < 4.78 is 8.52. The van der Waals surface area contributed by atoms with Crippen molar-refractivity contribution in [1.29, 1.82) is 0 Å². The van der Waals surface area contributed by atoms with E-state index < -0.39 is 0 Å². The van der Waals surface area contributed by atoms with Gasteiger partial charge in [-0.2, -0.15) is 10.2 Å². The molecule has 22 heavy (non-hydrogen) atoms. The lowest BCUT2D eigenvalue weighted by molar-refractivity contribution is 0.414. The minimum Gasteiger partial charge on any atom is -0.497 e. The van der Waals surface area contributed by atoms with Crippen LogP contribution >= 0.6 is 0 Å². The van der Waals surface area contributed by atoms with Gasteiger partial charge in [0, 0.05) is 12.7 Å². The van der Waals surface area contributed by atoms with Gasteiger partial charge in [-0.25, -0.2) is 14.5 Å². The van der Waals surface area contributed by atoms with Gasteiger partial charge in [-0.3, -0.25) is 4.68 Å². The predicted octanol–water partition coefficient (Wildman–Crippen LogP) is 1.76. The Hall–Kier alpha value is -2.83. The lowest BCUT2D eigenvalue weighted by atomic mass is 10.2. The van der Waals surface area contributed by atoms with Crippen molar-refractivity contribution in [3.8, 4) is 23.0 Å². The molecule has 0 radical (unpaired) electrons. The molecular weight excluding hydrogens is 282 g/mol. The molecule has 0 aliphatic rings. The molecule has 3 aromatic rings. The number of aromatic nitrogens is 5. The number of benzene rings is 1. The Morgan fingerprint density at radius 2 is 2.14 bits per heavy atom. The summed E-state index contributed by atoms with van der Waals surface area (Å²) >= 11 is 0. The molecule has 0 unspecified atom stereocenters. The second-order valence-corrected chi connectivity index (χ2v) is 4.90. The molecule has 0 aliphatic carbocycles. The largest absolute Gasteiger partial charge is 0.497 e. The number of aryl methyl sites for hydroxylation is 2. The van der Waals surface area contributed by atoms with Crippen molar-refractivity contribution >= 4 is 0 Å². The highest BCUT2D eigenvalue weighted by atomic mass is 16.5. The number of ether oxygens (including phenoxy) is 1. The predicted molar refractivity (Wildman–Crippen MR) is 82.4 cm³/mol. The van der Waals surface area contributed by atoms with Gasteiger partial charge in [0.1, 0.15) is 11.4 Å². The molecule has 0 bridgehead atoms.